The average Bonchev–Trinajstić information content (AvgIpc) is 2.48. The summed E-state index contributed by atoms with van der Waals surface area (Å²) >= 11 is 1.44. The van der Waals surface area contributed by atoms with Gasteiger partial charge in [-0.1, -0.05) is 11.8 Å². The van der Waals surface area contributed by atoms with Gasteiger partial charge in [0.25, 0.3) is 0 Å². The summed E-state index contributed by atoms with van der Waals surface area (Å²) in [4.78, 5) is 1.77. The zero-order valence-corrected chi connectivity index (χ0v) is 6.69. The van der Waals surface area contributed by atoms with Crippen LogP contribution in [-0.2, 0) is 6.61 Å². The van der Waals surface area contributed by atoms with Crippen molar-refractivity contribution in [3.05, 3.63) is 21.9 Å². The number of rotatable bonds is 1. The predicted octanol–water partition coefficient (Wildman–Crippen LogP) is 0.584. The van der Waals surface area contributed by atoms with Gasteiger partial charge in [-0.05, 0) is 12.1 Å². The highest BCUT2D eigenvalue weighted by Crippen LogP contribution is 2.14. The minimum atomic E-state index is -0.119. The summed E-state index contributed by atoms with van der Waals surface area (Å²) in [6, 6.07) is 3.66. The standard InChI is InChI=1S/C8H8O2S/c9-5-1-2-7-3-4-8(6-10)11-7/h3-4,9-10H,5-6H2. The van der Waals surface area contributed by atoms with Crippen LogP contribution < -0.4 is 0 Å². The minimum absolute atomic E-state index is 0.0610. The molecule has 0 atom stereocenters. The minimum Gasteiger partial charge on any atom is -0.391 e. The van der Waals surface area contributed by atoms with Gasteiger partial charge >= 0.3 is 0 Å². The molecule has 0 aliphatic carbocycles. The molecule has 0 spiro atoms. The van der Waals surface area contributed by atoms with Gasteiger partial charge < -0.3 is 10.2 Å². The molecule has 1 rings (SSSR count). The Morgan fingerprint density at radius 1 is 1.36 bits per heavy atom. The Bertz CT molecular complexity index is 280. The summed E-state index contributed by atoms with van der Waals surface area (Å²) in [6.07, 6.45) is 0. The summed E-state index contributed by atoms with van der Waals surface area (Å²) in [5.41, 5.74) is 0. The molecule has 1 aromatic heterocycles. The van der Waals surface area contributed by atoms with E-state index in [4.69, 9.17) is 10.2 Å². The molecule has 0 unspecified atom stereocenters. The van der Waals surface area contributed by atoms with Crippen LogP contribution in [-0.4, -0.2) is 16.8 Å². The third-order valence-electron chi connectivity index (χ3n) is 1.11. The highest BCUT2D eigenvalue weighted by atomic mass is 32.1. The van der Waals surface area contributed by atoms with E-state index in [2.05, 4.69) is 11.8 Å². The normalized spacial score (nSPS) is 8.91. The molecule has 11 heavy (non-hydrogen) atoms. The van der Waals surface area contributed by atoms with E-state index in [0.717, 1.165) is 9.75 Å². The highest BCUT2D eigenvalue weighted by Gasteiger charge is 1.93. The van der Waals surface area contributed by atoms with Crippen LogP contribution in [0.3, 0.4) is 0 Å². The van der Waals surface area contributed by atoms with Crippen LogP contribution >= 0.6 is 11.3 Å². The summed E-state index contributed by atoms with van der Waals surface area (Å²) in [5.74, 6) is 5.29. The SMILES string of the molecule is OCC#Cc1ccc(CO)s1. The van der Waals surface area contributed by atoms with Crippen molar-refractivity contribution in [2.75, 3.05) is 6.61 Å². The van der Waals surface area contributed by atoms with Crippen molar-refractivity contribution in [3.63, 3.8) is 0 Å². The Labute approximate surface area is 69.1 Å². The second kappa shape index (κ2) is 4.14. The molecule has 0 aromatic carbocycles. The predicted molar refractivity (Wildman–Crippen MR) is 44.2 cm³/mol. The van der Waals surface area contributed by atoms with E-state index in [1.807, 2.05) is 12.1 Å². The maximum atomic E-state index is 8.69. The topological polar surface area (TPSA) is 40.5 Å². The van der Waals surface area contributed by atoms with Crippen LogP contribution in [0.2, 0.25) is 0 Å². The first-order valence-electron chi connectivity index (χ1n) is 3.16. The van der Waals surface area contributed by atoms with E-state index in [-0.39, 0.29) is 13.2 Å². The van der Waals surface area contributed by atoms with Gasteiger partial charge in [0.15, 0.2) is 0 Å². The van der Waals surface area contributed by atoms with Crippen LogP contribution in [0.1, 0.15) is 9.75 Å². The van der Waals surface area contributed by atoms with Crippen LogP contribution in [0.4, 0.5) is 0 Å². The lowest BCUT2D eigenvalue weighted by atomic mass is 10.4. The number of hydrogen-bond donors (Lipinski definition) is 2. The largest absolute Gasteiger partial charge is 0.391 e. The highest BCUT2D eigenvalue weighted by molar-refractivity contribution is 7.12. The number of thiophene rings is 1. The van der Waals surface area contributed by atoms with E-state index in [1.165, 1.54) is 11.3 Å². The Hall–Kier alpha value is -0.820. The van der Waals surface area contributed by atoms with Crippen LogP contribution in [0.25, 0.3) is 0 Å². The molecule has 0 saturated carbocycles. The number of aliphatic hydroxyl groups is 2. The number of hydrogen-bond acceptors (Lipinski definition) is 3. The van der Waals surface area contributed by atoms with Gasteiger partial charge in [-0.25, -0.2) is 0 Å². The molecule has 0 aliphatic rings. The second-order valence-corrected chi connectivity index (χ2v) is 3.05. The van der Waals surface area contributed by atoms with Crippen LogP contribution in [0, 0.1) is 11.8 Å². The first kappa shape index (κ1) is 8.28. The molecular formula is C8H8O2S. The Morgan fingerprint density at radius 3 is 2.73 bits per heavy atom. The van der Waals surface area contributed by atoms with E-state index in [1.54, 1.807) is 0 Å². The Balaban J connectivity index is 2.72. The maximum Gasteiger partial charge on any atom is 0.104 e. The molecule has 0 radical (unpaired) electrons. The van der Waals surface area contributed by atoms with E-state index in [9.17, 15) is 0 Å². The van der Waals surface area contributed by atoms with Gasteiger partial charge in [0.2, 0.25) is 0 Å². The molecule has 0 saturated heterocycles. The first-order chi connectivity index (χ1) is 5.36. The molecule has 0 aliphatic heterocycles. The molecule has 1 heterocycles. The molecular weight excluding hydrogens is 160 g/mol. The number of aliphatic hydroxyl groups excluding tert-OH is 2. The fourth-order valence-electron chi connectivity index (χ4n) is 0.657. The lowest BCUT2D eigenvalue weighted by molar-refractivity contribution is 0.285. The van der Waals surface area contributed by atoms with Crippen molar-refractivity contribution in [1.82, 2.24) is 0 Å². The van der Waals surface area contributed by atoms with Gasteiger partial charge in [0.1, 0.15) is 6.61 Å². The second-order valence-electron chi connectivity index (χ2n) is 1.88. The van der Waals surface area contributed by atoms with Crippen molar-refractivity contribution >= 4 is 11.3 Å². The summed E-state index contributed by atoms with van der Waals surface area (Å²) in [6.45, 7) is -0.0577. The summed E-state index contributed by atoms with van der Waals surface area (Å²) in [7, 11) is 0. The van der Waals surface area contributed by atoms with Gasteiger partial charge in [0, 0.05) is 4.88 Å². The van der Waals surface area contributed by atoms with Gasteiger partial charge in [-0.2, -0.15) is 0 Å². The molecule has 1 aromatic rings. The Kier molecular flexibility index (Phi) is 3.12. The first-order valence-corrected chi connectivity index (χ1v) is 3.97. The zero-order chi connectivity index (χ0) is 8.10. The monoisotopic (exact) mass is 168 g/mol. The smallest absolute Gasteiger partial charge is 0.104 e. The van der Waals surface area contributed by atoms with E-state index in [0.29, 0.717) is 0 Å². The fraction of sp³-hybridized carbons (Fsp3) is 0.250. The zero-order valence-electron chi connectivity index (χ0n) is 5.87. The lowest BCUT2D eigenvalue weighted by Crippen LogP contribution is -1.71. The van der Waals surface area contributed by atoms with Crippen molar-refractivity contribution < 1.29 is 10.2 Å². The van der Waals surface area contributed by atoms with Crippen molar-refractivity contribution in [2.45, 2.75) is 6.61 Å². The third kappa shape index (κ3) is 2.35. The van der Waals surface area contributed by atoms with Gasteiger partial charge in [0.05, 0.1) is 11.5 Å². The maximum absolute atomic E-state index is 8.69. The molecule has 2 N–H and O–H groups in total. The van der Waals surface area contributed by atoms with Crippen molar-refractivity contribution in [3.8, 4) is 11.8 Å². The molecule has 0 amide bonds. The molecule has 2 nitrogen and oxygen atoms in total. The third-order valence-corrected chi connectivity index (χ3v) is 2.09. The molecule has 3 heteroatoms. The molecule has 58 valence electrons. The average molecular weight is 168 g/mol. The van der Waals surface area contributed by atoms with Crippen LogP contribution in [0.5, 0.6) is 0 Å². The lowest BCUT2D eigenvalue weighted by Gasteiger charge is -1.80. The van der Waals surface area contributed by atoms with Gasteiger partial charge in [-0.3, -0.25) is 0 Å². The van der Waals surface area contributed by atoms with Crippen LogP contribution in [0.15, 0.2) is 12.1 Å². The fourth-order valence-corrected chi connectivity index (χ4v) is 1.40. The van der Waals surface area contributed by atoms with Gasteiger partial charge in [-0.15, -0.1) is 11.3 Å². The van der Waals surface area contributed by atoms with Crippen molar-refractivity contribution in [2.24, 2.45) is 0 Å². The summed E-state index contributed by atoms with van der Waals surface area (Å²) < 4.78 is 0. The Morgan fingerprint density at radius 2 is 2.18 bits per heavy atom. The quantitative estimate of drug-likeness (QED) is 0.602. The van der Waals surface area contributed by atoms with E-state index < -0.39 is 0 Å². The summed E-state index contributed by atoms with van der Waals surface area (Å²) in [5, 5.41) is 17.1. The van der Waals surface area contributed by atoms with E-state index >= 15 is 0 Å². The van der Waals surface area contributed by atoms with Crippen molar-refractivity contribution in [1.29, 1.82) is 0 Å². The molecule has 0 fully saturated rings. The molecule has 0 bridgehead atoms.